The van der Waals surface area contributed by atoms with Gasteiger partial charge in [-0.25, -0.2) is 4.98 Å². The maximum absolute atomic E-state index is 12.5. The van der Waals surface area contributed by atoms with E-state index in [-0.39, 0.29) is 5.91 Å². The molecule has 0 spiro atoms. The number of carbonyl (C=O) groups is 1. The van der Waals surface area contributed by atoms with Gasteiger partial charge in [-0.2, -0.15) is 0 Å². The van der Waals surface area contributed by atoms with Crippen LogP contribution in [0.2, 0.25) is 0 Å². The molecule has 2 aromatic carbocycles. The number of hydrogen-bond donors (Lipinski definition) is 1. The van der Waals surface area contributed by atoms with Crippen molar-refractivity contribution in [3.05, 3.63) is 54.2 Å². The van der Waals surface area contributed by atoms with Crippen molar-refractivity contribution in [1.29, 1.82) is 0 Å². The fourth-order valence-electron chi connectivity index (χ4n) is 2.47. The predicted molar refractivity (Wildman–Crippen MR) is 95.8 cm³/mol. The lowest BCUT2D eigenvalue weighted by Gasteiger charge is -2.10. The highest BCUT2D eigenvalue weighted by Crippen LogP contribution is 2.30. The van der Waals surface area contributed by atoms with E-state index in [0.717, 1.165) is 16.7 Å². The molecule has 0 unspecified atom stereocenters. The van der Waals surface area contributed by atoms with Crippen molar-refractivity contribution >= 4 is 22.5 Å². The van der Waals surface area contributed by atoms with Crippen LogP contribution in [-0.4, -0.2) is 32.2 Å². The van der Waals surface area contributed by atoms with Gasteiger partial charge in [-0.3, -0.25) is 4.79 Å². The van der Waals surface area contributed by atoms with Gasteiger partial charge in [0.25, 0.3) is 5.91 Å². The van der Waals surface area contributed by atoms with Crippen LogP contribution in [0.5, 0.6) is 17.2 Å². The minimum absolute atomic E-state index is 0.301. The molecule has 0 fully saturated rings. The average molecular weight is 338 g/mol. The molecule has 0 saturated carbocycles. The third kappa shape index (κ3) is 3.47. The molecule has 0 atom stereocenters. The highest BCUT2D eigenvalue weighted by atomic mass is 16.5. The molecule has 1 aromatic heterocycles. The first-order valence-electron chi connectivity index (χ1n) is 7.63. The normalized spacial score (nSPS) is 10.4. The predicted octanol–water partition coefficient (Wildman–Crippen LogP) is 3.51. The first-order chi connectivity index (χ1) is 12.1. The zero-order valence-corrected chi connectivity index (χ0v) is 14.2. The van der Waals surface area contributed by atoms with E-state index in [0.29, 0.717) is 22.9 Å². The Hall–Kier alpha value is -3.28. The number of nitrogens with zero attached hydrogens (tertiary/aromatic N) is 1. The monoisotopic (exact) mass is 338 g/mol. The number of aromatic nitrogens is 1. The van der Waals surface area contributed by atoms with Gasteiger partial charge in [0.15, 0.2) is 11.5 Å². The molecule has 3 rings (SSSR count). The summed E-state index contributed by atoms with van der Waals surface area (Å²) in [6.45, 7) is 0. The average Bonchev–Trinajstić information content (AvgIpc) is 2.66. The van der Waals surface area contributed by atoms with Gasteiger partial charge < -0.3 is 19.5 Å². The van der Waals surface area contributed by atoms with Gasteiger partial charge in [0.1, 0.15) is 11.4 Å². The maximum atomic E-state index is 12.5. The quantitative estimate of drug-likeness (QED) is 0.771. The van der Waals surface area contributed by atoms with Gasteiger partial charge in [0.05, 0.1) is 26.8 Å². The molecule has 25 heavy (non-hydrogen) atoms. The maximum Gasteiger partial charge on any atom is 0.274 e. The fraction of sp³-hybridized carbons (Fsp3) is 0.158. The molecule has 128 valence electrons. The molecule has 0 aliphatic heterocycles. The number of hydrogen-bond acceptors (Lipinski definition) is 5. The SMILES string of the molecule is COc1ccc2nc(C(=O)Nc3ccc(OC)c(OC)c3)ccc2c1. The molecule has 3 aromatic rings. The van der Waals surface area contributed by atoms with Crippen LogP contribution in [0.4, 0.5) is 5.69 Å². The van der Waals surface area contributed by atoms with E-state index in [9.17, 15) is 4.79 Å². The van der Waals surface area contributed by atoms with Crippen LogP contribution in [0.3, 0.4) is 0 Å². The molecule has 6 nitrogen and oxygen atoms in total. The molecule has 0 saturated heterocycles. The molecule has 0 aliphatic carbocycles. The molecule has 0 bridgehead atoms. The number of nitrogens with one attached hydrogen (secondary N) is 1. The number of methoxy groups -OCH3 is 3. The summed E-state index contributed by atoms with van der Waals surface area (Å²) in [5.74, 6) is 1.58. The number of benzene rings is 2. The van der Waals surface area contributed by atoms with Crippen molar-refractivity contribution in [2.45, 2.75) is 0 Å². The van der Waals surface area contributed by atoms with Crippen LogP contribution < -0.4 is 19.5 Å². The highest BCUT2D eigenvalue weighted by Gasteiger charge is 2.11. The molecule has 0 aliphatic rings. The van der Waals surface area contributed by atoms with Crippen LogP contribution in [-0.2, 0) is 0 Å². The second-order valence-electron chi connectivity index (χ2n) is 5.28. The Morgan fingerprint density at radius 1 is 0.880 bits per heavy atom. The minimum Gasteiger partial charge on any atom is -0.497 e. The fourth-order valence-corrected chi connectivity index (χ4v) is 2.47. The number of fused-ring (bicyclic) bond motifs is 1. The molecule has 1 amide bonds. The number of rotatable bonds is 5. The van der Waals surface area contributed by atoms with Gasteiger partial charge in [0.2, 0.25) is 0 Å². The summed E-state index contributed by atoms with van der Waals surface area (Å²) >= 11 is 0. The van der Waals surface area contributed by atoms with Gasteiger partial charge in [-0.15, -0.1) is 0 Å². The van der Waals surface area contributed by atoms with Crippen molar-refractivity contribution in [3.63, 3.8) is 0 Å². The lowest BCUT2D eigenvalue weighted by molar-refractivity contribution is 0.102. The molecule has 0 radical (unpaired) electrons. The van der Waals surface area contributed by atoms with Crippen LogP contribution >= 0.6 is 0 Å². The van der Waals surface area contributed by atoms with Crippen molar-refractivity contribution in [2.24, 2.45) is 0 Å². The largest absolute Gasteiger partial charge is 0.497 e. The third-order valence-corrected chi connectivity index (χ3v) is 3.77. The number of amides is 1. The number of pyridine rings is 1. The lowest BCUT2D eigenvalue weighted by atomic mass is 10.2. The Labute approximate surface area is 145 Å². The molecule has 6 heteroatoms. The van der Waals surface area contributed by atoms with E-state index in [1.54, 1.807) is 45.6 Å². The number of anilines is 1. The molecule has 1 N–H and O–H groups in total. The molecule has 1 heterocycles. The summed E-state index contributed by atoms with van der Waals surface area (Å²) in [6.07, 6.45) is 0. The topological polar surface area (TPSA) is 69.7 Å². The van der Waals surface area contributed by atoms with Crippen LogP contribution in [0, 0.1) is 0 Å². The van der Waals surface area contributed by atoms with E-state index in [4.69, 9.17) is 14.2 Å². The first-order valence-corrected chi connectivity index (χ1v) is 7.63. The molecular formula is C19H18N2O4. The molecular weight excluding hydrogens is 320 g/mol. The van der Waals surface area contributed by atoms with Crippen LogP contribution in [0.1, 0.15) is 10.5 Å². The Bertz CT molecular complexity index is 924. The van der Waals surface area contributed by atoms with Crippen LogP contribution in [0.25, 0.3) is 10.9 Å². The first kappa shape index (κ1) is 16.6. The second-order valence-corrected chi connectivity index (χ2v) is 5.28. The standard InChI is InChI=1S/C19H18N2O4/c1-23-14-6-8-15-12(10-14)4-7-16(21-15)19(22)20-13-5-9-17(24-2)18(11-13)25-3/h4-11H,1-3H3,(H,20,22). The lowest BCUT2D eigenvalue weighted by Crippen LogP contribution is -2.13. The number of carbonyl (C=O) groups excluding carboxylic acids is 1. The van der Waals surface area contributed by atoms with Gasteiger partial charge in [-0.05, 0) is 36.4 Å². The van der Waals surface area contributed by atoms with Crippen LogP contribution in [0.15, 0.2) is 48.5 Å². The summed E-state index contributed by atoms with van der Waals surface area (Å²) in [7, 11) is 4.71. The summed E-state index contributed by atoms with van der Waals surface area (Å²) in [4.78, 5) is 16.9. The Kier molecular flexibility index (Phi) is 4.70. The summed E-state index contributed by atoms with van der Waals surface area (Å²) in [5.41, 5.74) is 1.65. The Morgan fingerprint density at radius 3 is 2.40 bits per heavy atom. The minimum atomic E-state index is -0.301. The zero-order chi connectivity index (χ0) is 17.8. The number of ether oxygens (including phenoxy) is 3. The van der Waals surface area contributed by atoms with E-state index < -0.39 is 0 Å². The Morgan fingerprint density at radius 2 is 1.68 bits per heavy atom. The summed E-state index contributed by atoms with van der Waals surface area (Å²) in [5, 5.41) is 3.71. The summed E-state index contributed by atoms with van der Waals surface area (Å²) in [6, 6.07) is 14.2. The van der Waals surface area contributed by atoms with E-state index in [1.165, 1.54) is 0 Å². The van der Waals surface area contributed by atoms with Crippen molar-refractivity contribution < 1.29 is 19.0 Å². The summed E-state index contributed by atoms with van der Waals surface area (Å²) < 4.78 is 15.6. The van der Waals surface area contributed by atoms with Crippen molar-refractivity contribution in [1.82, 2.24) is 4.98 Å². The Balaban J connectivity index is 1.84. The van der Waals surface area contributed by atoms with E-state index in [1.807, 2.05) is 24.3 Å². The second kappa shape index (κ2) is 7.09. The van der Waals surface area contributed by atoms with E-state index >= 15 is 0 Å². The zero-order valence-electron chi connectivity index (χ0n) is 14.2. The third-order valence-electron chi connectivity index (χ3n) is 3.77. The van der Waals surface area contributed by atoms with E-state index in [2.05, 4.69) is 10.3 Å². The van der Waals surface area contributed by atoms with Crippen molar-refractivity contribution in [2.75, 3.05) is 26.6 Å². The van der Waals surface area contributed by atoms with Gasteiger partial charge in [-0.1, -0.05) is 6.07 Å². The van der Waals surface area contributed by atoms with Gasteiger partial charge in [0, 0.05) is 17.1 Å². The van der Waals surface area contributed by atoms with Crippen molar-refractivity contribution in [3.8, 4) is 17.2 Å². The highest BCUT2D eigenvalue weighted by molar-refractivity contribution is 6.04. The van der Waals surface area contributed by atoms with Gasteiger partial charge >= 0.3 is 0 Å². The smallest absolute Gasteiger partial charge is 0.274 e.